The van der Waals surface area contributed by atoms with E-state index in [2.05, 4.69) is 4.94 Å². The lowest BCUT2D eigenvalue weighted by molar-refractivity contribution is -0.288. The third-order valence-electron chi connectivity index (χ3n) is 2.11. The van der Waals surface area contributed by atoms with E-state index >= 15 is 0 Å². The molecule has 0 aromatic rings. The van der Waals surface area contributed by atoms with Crippen LogP contribution in [0.3, 0.4) is 0 Å². The summed E-state index contributed by atoms with van der Waals surface area (Å²) in [5, 5.41) is 11.7. The van der Waals surface area contributed by atoms with Crippen LogP contribution in [0, 0.1) is 5.21 Å². The molecule has 0 bridgehead atoms. The lowest BCUT2D eigenvalue weighted by atomic mass is 9.96. The van der Waals surface area contributed by atoms with E-state index in [4.69, 9.17) is 5.84 Å². The van der Waals surface area contributed by atoms with Crippen molar-refractivity contribution >= 4 is 0 Å². The number of nitrogens with zero attached hydrogens (tertiary/aromatic N) is 2. The SMILES string of the molecule is CN([O-])ON([NH-])C1CCCCC1. The van der Waals surface area contributed by atoms with Crippen LogP contribution in [0.1, 0.15) is 32.1 Å². The Morgan fingerprint density at radius 1 is 1.33 bits per heavy atom. The Balaban J connectivity index is 2.24. The summed E-state index contributed by atoms with van der Waals surface area (Å²) >= 11 is 0. The molecule has 0 atom stereocenters. The van der Waals surface area contributed by atoms with E-state index in [0.717, 1.165) is 30.9 Å². The summed E-state index contributed by atoms with van der Waals surface area (Å²) in [6.45, 7) is 0. The molecule has 0 radical (unpaired) electrons. The number of hydroxylamine groups is 3. The summed E-state index contributed by atoms with van der Waals surface area (Å²) in [5.74, 6) is 7.37. The van der Waals surface area contributed by atoms with Crippen LogP contribution in [0.5, 0.6) is 0 Å². The highest BCUT2D eigenvalue weighted by atomic mass is 17.0. The minimum atomic E-state index is 0.0927. The van der Waals surface area contributed by atoms with Gasteiger partial charge in [0, 0.05) is 13.1 Å². The molecule has 1 N–H and O–H groups in total. The smallest absolute Gasteiger partial charge is 0.0168 e. The fraction of sp³-hybridized carbons (Fsp3) is 1.00. The van der Waals surface area contributed by atoms with Crippen molar-refractivity contribution in [1.29, 1.82) is 0 Å². The Labute approximate surface area is 72.5 Å². The first-order valence-electron chi connectivity index (χ1n) is 4.29. The first-order valence-corrected chi connectivity index (χ1v) is 4.29. The molecule has 1 aliphatic rings. The summed E-state index contributed by atoms with van der Waals surface area (Å²) in [4.78, 5) is 4.57. The lowest BCUT2D eigenvalue weighted by Gasteiger charge is -2.40. The third kappa shape index (κ3) is 3.04. The molecule has 1 fully saturated rings. The predicted octanol–water partition coefficient (Wildman–Crippen LogP) is 1.86. The summed E-state index contributed by atoms with van der Waals surface area (Å²) in [5.41, 5.74) is 0. The molecular weight excluding hydrogens is 158 g/mol. The van der Waals surface area contributed by atoms with Crippen LogP contribution in [0.4, 0.5) is 0 Å². The first-order chi connectivity index (χ1) is 5.70. The van der Waals surface area contributed by atoms with Crippen LogP contribution in [-0.4, -0.2) is 23.5 Å². The Hall–Kier alpha value is -0.200. The molecular formula is C7H15N3O2-2. The van der Waals surface area contributed by atoms with Gasteiger partial charge in [-0.25, -0.2) is 10.2 Å². The lowest BCUT2D eigenvalue weighted by Crippen LogP contribution is -2.34. The van der Waals surface area contributed by atoms with E-state index in [0.29, 0.717) is 5.23 Å². The van der Waals surface area contributed by atoms with Gasteiger partial charge in [-0.3, -0.25) is 5.17 Å². The molecule has 0 aromatic heterocycles. The van der Waals surface area contributed by atoms with Gasteiger partial charge in [-0.05, 0) is 12.8 Å². The highest BCUT2D eigenvalue weighted by Gasteiger charge is 2.14. The van der Waals surface area contributed by atoms with Crippen molar-refractivity contribution in [2.24, 2.45) is 0 Å². The van der Waals surface area contributed by atoms with Gasteiger partial charge >= 0.3 is 0 Å². The zero-order valence-electron chi connectivity index (χ0n) is 7.32. The molecule has 12 heavy (non-hydrogen) atoms. The molecule has 1 saturated carbocycles. The van der Waals surface area contributed by atoms with Gasteiger partial charge in [-0.2, -0.15) is 0 Å². The number of rotatable bonds is 3. The number of nitrogens with one attached hydrogen (secondary N) is 1. The Bertz CT molecular complexity index is 126. The van der Waals surface area contributed by atoms with Crippen molar-refractivity contribution in [1.82, 2.24) is 10.4 Å². The van der Waals surface area contributed by atoms with Gasteiger partial charge in [-0.1, -0.05) is 19.3 Å². The third-order valence-corrected chi connectivity index (χ3v) is 2.11. The van der Waals surface area contributed by atoms with Crippen LogP contribution in [0.15, 0.2) is 0 Å². The molecule has 0 aliphatic heterocycles. The maximum absolute atomic E-state index is 10.4. The zero-order valence-corrected chi connectivity index (χ0v) is 7.32. The monoisotopic (exact) mass is 173 g/mol. The molecule has 0 amide bonds. The highest BCUT2D eigenvalue weighted by Crippen LogP contribution is 2.22. The van der Waals surface area contributed by atoms with Gasteiger partial charge in [0.25, 0.3) is 0 Å². The van der Waals surface area contributed by atoms with E-state index in [1.54, 1.807) is 0 Å². The molecule has 0 saturated heterocycles. The van der Waals surface area contributed by atoms with Gasteiger partial charge in [0.2, 0.25) is 0 Å². The maximum Gasteiger partial charge on any atom is 0.0168 e. The maximum atomic E-state index is 10.4. The van der Waals surface area contributed by atoms with Crippen molar-refractivity contribution < 1.29 is 4.94 Å². The van der Waals surface area contributed by atoms with Crippen molar-refractivity contribution in [2.75, 3.05) is 7.05 Å². The predicted molar refractivity (Wildman–Crippen MR) is 45.2 cm³/mol. The molecule has 1 aliphatic carbocycles. The summed E-state index contributed by atoms with van der Waals surface area (Å²) in [6, 6.07) is 0.0927. The van der Waals surface area contributed by atoms with E-state index in [9.17, 15) is 5.21 Å². The molecule has 5 heteroatoms. The molecule has 72 valence electrons. The van der Waals surface area contributed by atoms with Gasteiger partial charge in [-0.15, -0.1) is 0 Å². The normalized spacial score (nSPS) is 20.8. The largest absolute Gasteiger partial charge is 0.761 e. The van der Waals surface area contributed by atoms with Crippen molar-refractivity contribution in [3.63, 3.8) is 0 Å². The molecule has 1 rings (SSSR count). The van der Waals surface area contributed by atoms with E-state index in [-0.39, 0.29) is 6.04 Å². The molecule has 0 heterocycles. The van der Waals surface area contributed by atoms with Gasteiger partial charge in [0.15, 0.2) is 0 Å². The van der Waals surface area contributed by atoms with Crippen LogP contribution < -0.4 is 0 Å². The molecule has 0 spiro atoms. The average molecular weight is 173 g/mol. The van der Waals surface area contributed by atoms with Gasteiger partial charge < -0.3 is 11.0 Å². The second-order valence-electron chi connectivity index (χ2n) is 3.14. The zero-order chi connectivity index (χ0) is 8.97. The van der Waals surface area contributed by atoms with E-state index in [1.165, 1.54) is 13.5 Å². The minimum absolute atomic E-state index is 0.0927. The number of hydrogen-bond acceptors (Lipinski definition) is 4. The molecule has 5 nitrogen and oxygen atoms in total. The van der Waals surface area contributed by atoms with Crippen LogP contribution in [-0.2, 0) is 4.94 Å². The van der Waals surface area contributed by atoms with Crippen molar-refractivity contribution in [2.45, 2.75) is 38.1 Å². The Kier molecular flexibility index (Phi) is 3.90. The summed E-state index contributed by atoms with van der Waals surface area (Å²) in [7, 11) is 1.24. The van der Waals surface area contributed by atoms with Crippen LogP contribution >= 0.6 is 0 Å². The second kappa shape index (κ2) is 4.74. The Morgan fingerprint density at radius 3 is 2.42 bits per heavy atom. The molecule has 0 aromatic carbocycles. The van der Waals surface area contributed by atoms with Crippen LogP contribution in [0.25, 0.3) is 5.84 Å². The van der Waals surface area contributed by atoms with E-state index < -0.39 is 0 Å². The average Bonchev–Trinajstić information content (AvgIpc) is 2.05. The fourth-order valence-electron chi connectivity index (χ4n) is 1.51. The van der Waals surface area contributed by atoms with Gasteiger partial charge in [0.05, 0.1) is 0 Å². The highest BCUT2D eigenvalue weighted by molar-refractivity contribution is 4.71. The van der Waals surface area contributed by atoms with Crippen LogP contribution in [0.2, 0.25) is 0 Å². The Morgan fingerprint density at radius 2 is 1.92 bits per heavy atom. The minimum Gasteiger partial charge on any atom is -0.761 e. The number of hydrogen-bond donors (Lipinski definition) is 0. The second-order valence-corrected chi connectivity index (χ2v) is 3.14. The fourth-order valence-corrected chi connectivity index (χ4v) is 1.51. The topological polar surface area (TPSA) is 62.6 Å². The summed E-state index contributed by atoms with van der Waals surface area (Å²) < 4.78 is 0. The quantitative estimate of drug-likeness (QED) is 0.611. The van der Waals surface area contributed by atoms with Crippen molar-refractivity contribution in [3.05, 3.63) is 11.0 Å². The first kappa shape index (κ1) is 9.88. The van der Waals surface area contributed by atoms with Gasteiger partial charge in [0.1, 0.15) is 0 Å². The molecule has 0 unspecified atom stereocenters. The standard InChI is InChI=1S/C7H15N3O2/c1-9(11)12-10(8)7-5-3-2-4-6-7/h7-8H,2-6H2,1H3/q-2. The van der Waals surface area contributed by atoms with E-state index in [1.807, 2.05) is 0 Å². The summed E-state index contributed by atoms with van der Waals surface area (Å²) in [6.07, 6.45) is 5.41. The van der Waals surface area contributed by atoms with Crippen molar-refractivity contribution in [3.8, 4) is 0 Å².